The van der Waals surface area contributed by atoms with Gasteiger partial charge in [-0.05, 0) is 48.9 Å². The molecule has 0 saturated carbocycles. The molecule has 0 aliphatic heterocycles. The Bertz CT molecular complexity index is 1090. The van der Waals surface area contributed by atoms with Crippen molar-refractivity contribution in [2.45, 2.75) is 38.8 Å². The first-order valence-electron chi connectivity index (χ1n) is 10.9. The quantitative estimate of drug-likeness (QED) is 0.306. The van der Waals surface area contributed by atoms with E-state index >= 15 is 0 Å². The van der Waals surface area contributed by atoms with Crippen molar-refractivity contribution < 1.29 is 41.8 Å². The third-order valence-corrected chi connectivity index (χ3v) is 4.95. The molecule has 2 rings (SSSR count). The number of esters is 2. The number of rotatable bonds is 11. The topological polar surface area (TPSA) is 111 Å². The van der Waals surface area contributed by atoms with E-state index in [9.17, 15) is 32.3 Å². The van der Waals surface area contributed by atoms with Crippen LogP contribution in [0.1, 0.15) is 48.5 Å². The van der Waals surface area contributed by atoms with Gasteiger partial charge in [-0.15, -0.1) is 0 Å². The third kappa shape index (κ3) is 9.57. The monoisotopic (exact) mass is 528 g/mol. The molecular weight excluding hydrogens is 505 g/mol. The van der Waals surface area contributed by atoms with E-state index in [1.54, 1.807) is 0 Å². The highest BCUT2D eigenvalue weighted by atomic mass is 35.5. The van der Waals surface area contributed by atoms with E-state index in [0.29, 0.717) is 23.9 Å². The Hall–Kier alpha value is -3.60. The predicted octanol–water partition coefficient (Wildman–Crippen LogP) is 5.22. The lowest BCUT2D eigenvalue weighted by Crippen LogP contribution is -2.22. The number of unbranched alkanes of at least 4 members (excludes halogenated alkanes) is 1. The van der Waals surface area contributed by atoms with Crippen LogP contribution in [-0.2, 0) is 30.0 Å². The van der Waals surface area contributed by atoms with Gasteiger partial charge in [0, 0.05) is 12.1 Å². The van der Waals surface area contributed by atoms with E-state index in [1.165, 1.54) is 24.3 Å². The lowest BCUT2D eigenvalue weighted by molar-refractivity contribution is -0.147. The van der Waals surface area contributed by atoms with Crippen molar-refractivity contribution in [3.05, 3.63) is 58.6 Å². The molecule has 0 radical (unpaired) electrons. The number of anilines is 2. The summed E-state index contributed by atoms with van der Waals surface area (Å²) in [7, 11) is 0. The van der Waals surface area contributed by atoms with E-state index in [2.05, 4.69) is 10.6 Å². The summed E-state index contributed by atoms with van der Waals surface area (Å²) in [6.45, 7) is 1.67. The summed E-state index contributed by atoms with van der Waals surface area (Å²) >= 11 is 5.81. The van der Waals surface area contributed by atoms with Crippen LogP contribution in [0.3, 0.4) is 0 Å². The molecule has 0 fully saturated rings. The molecule has 2 amide bonds. The molecule has 36 heavy (non-hydrogen) atoms. The Morgan fingerprint density at radius 3 is 2.25 bits per heavy atom. The van der Waals surface area contributed by atoms with Crippen LogP contribution in [0, 0.1) is 0 Å². The van der Waals surface area contributed by atoms with Crippen LogP contribution in [0.4, 0.5) is 24.5 Å². The zero-order valence-electron chi connectivity index (χ0n) is 19.2. The standard InChI is InChI=1S/C24H24ClF3N2O6/c1-2-3-12-35-23(34)15-4-7-17(8-5-15)29-21(32)14-36-22(33)11-10-20(31)30-19-13-16(24(26,27)28)6-9-18(19)25/h4-9,13H,2-3,10-12,14H2,1H3,(H,29,32)(H,30,31). The number of carbonyl (C=O) groups excluding carboxylic acids is 4. The number of hydrogen-bond acceptors (Lipinski definition) is 6. The van der Waals surface area contributed by atoms with Crippen molar-refractivity contribution in [1.29, 1.82) is 0 Å². The maximum Gasteiger partial charge on any atom is 0.416 e. The van der Waals surface area contributed by atoms with Crippen LogP contribution in [0.15, 0.2) is 42.5 Å². The third-order valence-electron chi connectivity index (χ3n) is 4.62. The number of hydrogen-bond donors (Lipinski definition) is 2. The molecule has 0 unspecified atom stereocenters. The highest BCUT2D eigenvalue weighted by molar-refractivity contribution is 6.33. The minimum Gasteiger partial charge on any atom is -0.462 e. The van der Waals surface area contributed by atoms with Crippen LogP contribution >= 0.6 is 11.6 Å². The molecule has 0 saturated heterocycles. The van der Waals surface area contributed by atoms with Gasteiger partial charge < -0.3 is 20.1 Å². The molecule has 12 heteroatoms. The second-order valence-electron chi connectivity index (χ2n) is 7.52. The largest absolute Gasteiger partial charge is 0.462 e. The smallest absolute Gasteiger partial charge is 0.416 e. The van der Waals surface area contributed by atoms with Crippen molar-refractivity contribution in [3.8, 4) is 0 Å². The summed E-state index contributed by atoms with van der Waals surface area (Å²) in [5, 5.41) is 4.59. The van der Waals surface area contributed by atoms with E-state index in [4.69, 9.17) is 21.1 Å². The molecule has 0 aromatic heterocycles. The zero-order valence-corrected chi connectivity index (χ0v) is 20.0. The van der Waals surface area contributed by atoms with Crippen molar-refractivity contribution >= 4 is 46.7 Å². The summed E-state index contributed by atoms with van der Waals surface area (Å²) in [4.78, 5) is 47.7. The number of halogens is 4. The minimum absolute atomic E-state index is 0.1000. The molecule has 0 spiro atoms. The number of ether oxygens (including phenoxy) is 2. The number of benzene rings is 2. The van der Waals surface area contributed by atoms with Gasteiger partial charge in [0.1, 0.15) is 0 Å². The number of amides is 2. The van der Waals surface area contributed by atoms with Gasteiger partial charge in [0.05, 0.1) is 34.9 Å². The maximum absolute atomic E-state index is 12.8. The highest BCUT2D eigenvalue weighted by Crippen LogP contribution is 2.33. The first-order chi connectivity index (χ1) is 17.0. The molecule has 2 N–H and O–H groups in total. The van der Waals surface area contributed by atoms with Gasteiger partial charge in [-0.2, -0.15) is 13.2 Å². The minimum atomic E-state index is -4.61. The fraction of sp³-hybridized carbons (Fsp3) is 0.333. The van der Waals surface area contributed by atoms with E-state index in [-0.39, 0.29) is 10.7 Å². The van der Waals surface area contributed by atoms with Crippen LogP contribution < -0.4 is 10.6 Å². The van der Waals surface area contributed by atoms with Gasteiger partial charge in [0.2, 0.25) is 5.91 Å². The van der Waals surface area contributed by atoms with Gasteiger partial charge >= 0.3 is 18.1 Å². The van der Waals surface area contributed by atoms with E-state index in [0.717, 1.165) is 25.0 Å². The fourth-order valence-corrected chi connectivity index (χ4v) is 2.89. The Balaban J connectivity index is 1.74. The Kier molecular flexibility index (Phi) is 10.7. The number of nitrogens with one attached hydrogen (secondary N) is 2. The van der Waals surface area contributed by atoms with Gasteiger partial charge in [0.25, 0.3) is 5.91 Å². The molecule has 2 aromatic rings. The molecule has 0 atom stereocenters. The molecule has 0 bridgehead atoms. The molecule has 8 nitrogen and oxygen atoms in total. The molecule has 0 aliphatic rings. The Morgan fingerprint density at radius 1 is 0.917 bits per heavy atom. The second-order valence-corrected chi connectivity index (χ2v) is 7.92. The van der Waals surface area contributed by atoms with Gasteiger partial charge in [-0.3, -0.25) is 14.4 Å². The molecule has 2 aromatic carbocycles. The average molecular weight is 529 g/mol. The van der Waals surface area contributed by atoms with Crippen molar-refractivity contribution in [1.82, 2.24) is 0 Å². The van der Waals surface area contributed by atoms with E-state index in [1.807, 2.05) is 6.92 Å². The van der Waals surface area contributed by atoms with Gasteiger partial charge in [-0.25, -0.2) is 4.79 Å². The summed E-state index contributed by atoms with van der Waals surface area (Å²) < 4.78 is 48.3. The first-order valence-corrected chi connectivity index (χ1v) is 11.3. The van der Waals surface area contributed by atoms with Crippen LogP contribution in [0.25, 0.3) is 0 Å². The normalized spacial score (nSPS) is 10.9. The highest BCUT2D eigenvalue weighted by Gasteiger charge is 2.31. The fourth-order valence-electron chi connectivity index (χ4n) is 2.72. The maximum atomic E-state index is 12.8. The van der Waals surface area contributed by atoms with Crippen LogP contribution in [-0.4, -0.2) is 37.0 Å². The summed E-state index contributed by atoms with van der Waals surface area (Å²) in [5.74, 6) is -2.75. The number of alkyl halides is 3. The Labute approximate surface area is 210 Å². The van der Waals surface area contributed by atoms with Crippen molar-refractivity contribution in [3.63, 3.8) is 0 Å². The molecular formula is C24H24ClF3N2O6. The average Bonchev–Trinajstić information content (AvgIpc) is 2.82. The zero-order chi connectivity index (χ0) is 26.7. The second kappa shape index (κ2) is 13.5. The number of carbonyl (C=O) groups is 4. The summed E-state index contributed by atoms with van der Waals surface area (Å²) in [6.07, 6.45) is -3.78. The van der Waals surface area contributed by atoms with Gasteiger partial charge in [-0.1, -0.05) is 24.9 Å². The lowest BCUT2D eigenvalue weighted by Gasteiger charge is -2.11. The molecule has 194 valence electrons. The molecule has 0 heterocycles. The SMILES string of the molecule is CCCCOC(=O)c1ccc(NC(=O)COC(=O)CCC(=O)Nc2cc(C(F)(F)F)ccc2Cl)cc1. The van der Waals surface area contributed by atoms with E-state index < -0.39 is 54.9 Å². The Morgan fingerprint density at radius 2 is 1.61 bits per heavy atom. The predicted molar refractivity (Wildman–Crippen MR) is 126 cm³/mol. The first kappa shape index (κ1) is 28.6. The molecule has 0 aliphatic carbocycles. The summed E-state index contributed by atoms with van der Waals surface area (Å²) in [5.41, 5.74) is -0.558. The van der Waals surface area contributed by atoms with Crippen LogP contribution in [0.2, 0.25) is 5.02 Å². The van der Waals surface area contributed by atoms with Crippen LogP contribution in [0.5, 0.6) is 0 Å². The van der Waals surface area contributed by atoms with Gasteiger partial charge in [0.15, 0.2) is 6.61 Å². The van der Waals surface area contributed by atoms with Crippen molar-refractivity contribution in [2.24, 2.45) is 0 Å². The van der Waals surface area contributed by atoms with Crippen molar-refractivity contribution in [2.75, 3.05) is 23.8 Å². The summed E-state index contributed by atoms with van der Waals surface area (Å²) in [6, 6.07) is 8.39. The lowest BCUT2D eigenvalue weighted by atomic mass is 10.2.